The number of halogens is 1. The van der Waals surface area contributed by atoms with Crippen LogP contribution in [0.5, 0.6) is 0 Å². The van der Waals surface area contributed by atoms with Crippen molar-refractivity contribution in [2.75, 3.05) is 40.3 Å². The molecule has 2 nitrogen and oxygen atoms in total. The van der Waals surface area contributed by atoms with Crippen LogP contribution in [0.25, 0.3) is 0 Å². The summed E-state index contributed by atoms with van der Waals surface area (Å²) in [6, 6.07) is 0. The van der Waals surface area contributed by atoms with Gasteiger partial charge in [-0.2, -0.15) is 0 Å². The molecule has 0 saturated carbocycles. The Balaban J connectivity index is 0. The third kappa shape index (κ3) is 6.70. The van der Waals surface area contributed by atoms with Gasteiger partial charge in [0, 0.05) is 20.3 Å². The van der Waals surface area contributed by atoms with Crippen LogP contribution in [0.15, 0.2) is 37.6 Å². The van der Waals surface area contributed by atoms with Gasteiger partial charge in [0.05, 0.1) is 26.2 Å². The van der Waals surface area contributed by atoms with Crippen LogP contribution < -0.4 is 12.4 Å². The van der Waals surface area contributed by atoms with E-state index in [1.807, 2.05) is 26.2 Å². The molecular weight excluding hydrogens is 220 g/mol. The largest absolute Gasteiger partial charge is 1.00 e. The Morgan fingerprint density at radius 1 is 1.06 bits per heavy atom. The van der Waals surface area contributed by atoms with Crippen LogP contribution in [0.3, 0.4) is 0 Å². The lowest BCUT2D eigenvalue weighted by Gasteiger charge is -2.35. The van der Waals surface area contributed by atoms with Gasteiger partial charge >= 0.3 is 0 Å². The first-order valence-electron chi connectivity index (χ1n) is 5.50. The van der Waals surface area contributed by atoms with Gasteiger partial charge in [-0.15, -0.1) is 0 Å². The van der Waals surface area contributed by atoms with Crippen molar-refractivity contribution in [3.8, 4) is 0 Å². The lowest BCUT2D eigenvalue weighted by molar-refractivity contribution is -0.910. The average molecular weight is 245 g/mol. The molecule has 0 N–H and O–H groups in total. The molecule has 0 rings (SSSR count). The minimum atomic E-state index is 0. The Morgan fingerprint density at radius 2 is 1.56 bits per heavy atom. The fraction of sp³-hybridized carbons (Fsp3) is 0.538. The number of hydrogen-bond donors (Lipinski definition) is 0. The molecule has 0 aliphatic heterocycles. The number of hydrogen-bond acceptors (Lipinski definition) is 1. The fourth-order valence-corrected chi connectivity index (χ4v) is 1.64. The van der Waals surface area contributed by atoms with E-state index >= 15 is 0 Å². The Morgan fingerprint density at radius 3 is 1.88 bits per heavy atom. The second kappa shape index (κ2) is 9.49. The van der Waals surface area contributed by atoms with Gasteiger partial charge in [-0.05, 0) is 25.2 Å². The van der Waals surface area contributed by atoms with E-state index in [9.17, 15) is 0 Å². The fourth-order valence-electron chi connectivity index (χ4n) is 1.64. The minimum Gasteiger partial charge on any atom is -1.00 e. The third-order valence-corrected chi connectivity index (χ3v) is 2.60. The summed E-state index contributed by atoms with van der Waals surface area (Å²) < 4.78 is 1.01. The van der Waals surface area contributed by atoms with Crippen LogP contribution in [0.1, 0.15) is 6.92 Å². The number of likely N-dealkylation sites (N-methyl/N-ethyl adjacent to an activating group) is 1. The molecule has 0 radical (unpaired) electrons. The highest BCUT2D eigenvalue weighted by Gasteiger charge is 2.19. The highest BCUT2D eigenvalue weighted by atomic mass is 35.5. The van der Waals surface area contributed by atoms with E-state index in [0.29, 0.717) is 0 Å². The molecule has 0 spiro atoms. The van der Waals surface area contributed by atoms with Crippen LogP contribution in [0, 0.1) is 0 Å². The summed E-state index contributed by atoms with van der Waals surface area (Å²) in [4.78, 5) is 2.06. The predicted molar refractivity (Wildman–Crippen MR) is 68.6 cm³/mol. The van der Waals surface area contributed by atoms with E-state index in [4.69, 9.17) is 0 Å². The summed E-state index contributed by atoms with van der Waals surface area (Å²) in [6.07, 6.45) is 8.32. The SMILES string of the molecule is C=CC[N+](CC)(CC=C)CC=CN(C)C.[Cl-]. The predicted octanol–water partition coefficient (Wildman–Crippen LogP) is -0.726. The highest BCUT2D eigenvalue weighted by molar-refractivity contribution is 4.82. The molecule has 0 saturated heterocycles. The zero-order valence-electron chi connectivity index (χ0n) is 10.8. The minimum absolute atomic E-state index is 0. The van der Waals surface area contributed by atoms with Crippen molar-refractivity contribution in [1.29, 1.82) is 0 Å². The van der Waals surface area contributed by atoms with Gasteiger partial charge in [-0.1, -0.05) is 13.2 Å². The lowest BCUT2D eigenvalue weighted by atomic mass is 10.3. The van der Waals surface area contributed by atoms with E-state index in [2.05, 4.69) is 37.3 Å². The molecule has 0 amide bonds. The normalized spacial score (nSPS) is 10.9. The van der Waals surface area contributed by atoms with E-state index in [0.717, 1.165) is 30.7 Å². The summed E-state index contributed by atoms with van der Waals surface area (Å²) >= 11 is 0. The Bertz CT molecular complexity index is 212. The second-order valence-electron chi connectivity index (χ2n) is 4.13. The standard InChI is InChI=1S/C13H25N2.ClH/c1-6-11-15(8-3,12-7-2)13-9-10-14(4)5;/h6-7,9-10H,1-2,8,11-13H2,3-5H3;1H/q+1;/p-1. The quantitative estimate of drug-likeness (QED) is 0.402. The molecule has 0 aliphatic carbocycles. The molecule has 0 unspecified atom stereocenters. The van der Waals surface area contributed by atoms with Crippen LogP contribution in [0.4, 0.5) is 0 Å². The topological polar surface area (TPSA) is 3.24 Å². The number of nitrogens with zero attached hydrogens (tertiary/aromatic N) is 2. The summed E-state index contributed by atoms with van der Waals surface area (Å²) in [5, 5.41) is 0. The Kier molecular flexibility index (Phi) is 10.5. The maximum absolute atomic E-state index is 3.83. The maximum Gasteiger partial charge on any atom is 0.0995 e. The van der Waals surface area contributed by atoms with Crippen LogP contribution in [-0.2, 0) is 0 Å². The van der Waals surface area contributed by atoms with Gasteiger partial charge in [-0.3, -0.25) is 0 Å². The molecule has 16 heavy (non-hydrogen) atoms. The molecule has 0 aromatic heterocycles. The first kappa shape index (κ1) is 17.7. The van der Waals surface area contributed by atoms with Gasteiger partial charge in [-0.25, -0.2) is 0 Å². The van der Waals surface area contributed by atoms with Crippen molar-refractivity contribution in [2.24, 2.45) is 0 Å². The monoisotopic (exact) mass is 244 g/mol. The average Bonchev–Trinajstić information content (AvgIpc) is 2.17. The van der Waals surface area contributed by atoms with Gasteiger partial charge < -0.3 is 21.8 Å². The second-order valence-corrected chi connectivity index (χ2v) is 4.13. The molecule has 0 aromatic rings. The third-order valence-electron chi connectivity index (χ3n) is 2.60. The van der Waals surface area contributed by atoms with Gasteiger partial charge in [0.25, 0.3) is 0 Å². The summed E-state index contributed by atoms with van der Waals surface area (Å²) in [5.74, 6) is 0. The van der Waals surface area contributed by atoms with Gasteiger partial charge in [0.2, 0.25) is 0 Å². The molecule has 0 bridgehead atoms. The first-order chi connectivity index (χ1) is 7.10. The van der Waals surface area contributed by atoms with Crippen molar-refractivity contribution in [3.05, 3.63) is 37.6 Å². The molecule has 0 heterocycles. The van der Waals surface area contributed by atoms with Crippen molar-refractivity contribution in [3.63, 3.8) is 0 Å². The summed E-state index contributed by atoms with van der Waals surface area (Å²) in [6.45, 7) is 14.0. The number of rotatable bonds is 8. The van der Waals surface area contributed by atoms with Crippen molar-refractivity contribution < 1.29 is 16.9 Å². The summed E-state index contributed by atoms with van der Waals surface area (Å²) in [5.41, 5.74) is 0. The van der Waals surface area contributed by atoms with Crippen LogP contribution in [0.2, 0.25) is 0 Å². The Hall–Kier alpha value is -0.730. The van der Waals surface area contributed by atoms with E-state index in [1.54, 1.807) is 0 Å². The van der Waals surface area contributed by atoms with Gasteiger partial charge in [0.1, 0.15) is 0 Å². The molecule has 3 heteroatoms. The zero-order valence-corrected chi connectivity index (χ0v) is 11.6. The molecule has 0 aliphatic rings. The molecule has 0 aromatic carbocycles. The van der Waals surface area contributed by atoms with Crippen molar-refractivity contribution in [2.45, 2.75) is 6.92 Å². The highest BCUT2D eigenvalue weighted by Crippen LogP contribution is 2.07. The molecule has 0 atom stereocenters. The molecule has 94 valence electrons. The van der Waals surface area contributed by atoms with E-state index < -0.39 is 0 Å². The van der Waals surface area contributed by atoms with Crippen molar-refractivity contribution in [1.82, 2.24) is 4.90 Å². The van der Waals surface area contributed by atoms with Crippen LogP contribution >= 0.6 is 0 Å². The first-order valence-corrected chi connectivity index (χ1v) is 5.50. The van der Waals surface area contributed by atoms with Crippen LogP contribution in [-0.4, -0.2) is 49.7 Å². The number of quaternary nitrogens is 1. The molecule has 0 fully saturated rings. The van der Waals surface area contributed by atoms with Crippen molar-refractivity contribution >= 4 is 0 Å². The van der Waals surface area contributed by atoms with E-state index in [-0.39, 0.29) is 12.4 Å². The maximum atomic E-state index is 3.83. The molecular formula is C13H25ClN2. The lowest BCUT2D eigenvalue weighted by Crippen LogP contribution is -3.00. The zero-order chi connectivity index (χ0) is 11.7. The smallest absolute Gasteiger partial charge is 0.0995 e. The van der Waals surface area contributed by atoms with Gasteiger partial charge in [0.15, 0.2) is 0 Å². The van der Waals surface area contributed by atoms with E-state index in [1.165, 1.54) is 0 Å². The Labute approximate surface area is 107 Å². The summed E-state index contributed by atoms with van der Waals surface area (Å²) in [7, 11) is 4.08.